The van der Waals surface area contributed by atoms with E-state index in [9.17, 15) is 8.42 Å². The first-order valence-corrected chi connectivity index (χ1v) is 8.20. The van der Waals surface area contributed by atoms with Gasteiger partial charge in [0.25, 0.3) is 0 Å². The van der Waals surface area contributed by atoms with E-state index in [4.69, 9.17) is 4.74 Å². The molecule has 0 fully saturated rings. The SMILES string of the molecule is C=C/C=C/CC(C)(C)CNS(=O)(=O)c1ccc(OC)cc1. The smallest absolute Gasteiger partial charge is 0.240 e. The van der Waals surface area contributed by atoms with E-state index < -0.39 is 10.0 Å². The summed E-state index contributed by atoms with van der Waals surface area (Å²) in [6.45, 7) is 8.00. The quantitative estimate of drug-likeness (QED) is 0.751. The largest absolute Gasteiger partial charge is 0.497 e. The average molecular weight is 309 g/mol. The molecule has 0 atom stereocenters. The lowest BCUT2D eigenvalue weighted by atomic mass is 9.89. The molecule has 116 valence electrons. The van der Waals surface area contributed by atoms with Crippen LogP contribution >= 0.6 is 0 Å². The normalized spacial score (nSPS) is 12.5. The van der Waals surface area contributed by atoms with Crippen LogP contribution in [0.25, 0.3) is 0 Å². The Labute approximate surface area is 127 Å². The Balaban J connectivity index is 2.71. The third kappa shape index (κ3) is 5.73. The van der Waals surface area contributed by atoms with E-state index in [0.717, 1.165) is 6.42 Å². The molecule has 1 aromatic carbocycles. The van der Waals surface area contributed by atoms with Crippen molar-refractivity contribution in [3.8, 4) is 5.75 Å². The van der Waals surface area contributed by atoms with Crippen molar-refractivity contribution in [2.45, 2.75) is 25.2 Å². The van der Waals surface area contributed by atoms with Gasteiger partial charge < -0.3 is 4.74 Å². The van der Waals surface area contributed by atoms with Crippen molar-refractivity contribution in [2.75, 3.05) is 13.7 Å². The Bertz CT molecular complexity index is 586. The molecule has 4 nitrogen and oxygen atoms in total. The Morgan fingerprint density at radius 2 is 1.90 bits per heavy atom. The van der Waals surface area contributed by atoms with Gasteiger partial charge in [0.05, 0.1) is 12.0 Å². The molecule has 0 saturated carbocycles. The molecule has 0 radical (unpaired) electrons. The summed E-state index contributed by atoms with van der Waals surface area (Å²) >= 11 is 0. The molecule has 0 heterocycles. The number of nitrogens with one attached hydrogen (secondary N) is 1. The second kappa shape index (κ2) is 7.43. The van der Waals surface area contributed by atoms with Crippen LogP contribution in [-0.4, -0.2) is 22.1 Å². The topological polar surface area (TPSA) is 55.4 Å². The van der Waals surface area contributed by atoms with Crippen LogP contribution in [0.1, 0.15) is 20.3 Å². The van der Waals surface area contributed by atoms with Crippen molar-refractivity contribution >= 4 is 10.0 Å². The number of hydrogen-bond acceptors (Lipinski definition) is 3. The summed E-state index contributed by atoms with van der Waals surface area (Å²) in [7, 11) is -1.96. The summed E-state index contributed by atoms with van der Waals surface area (Å²) in [5, 5.41) is 0. The van der Waals surface area contributed by atoms with Crippen LogP contribution < -0.4 is 9.46 Å². The van der Waals surface area contributed by atoms with E-state index >= 15 is 0 Å². The molecule has 1 N–H and O–H groups in total. The van der Waals surface area contributed by atoms with Gasteiger partial charge in [0.2, 0.25) is 10.0 Å². The van der Waals surface area contributed by atoms with Gasteiger partial charge in [-0.2, -0.15) is 0 Å². The Hall–Kier alpha value is -1.59. The van der Waals surface area contributed by atoms with E-state index in [0.29, 0.717) is 12.3 Å². The van der Waals surface area contributed by atoms with E-state index in [-0.39, 0.29) is 10.3 Å². The number of ether oxygens (including phenoxy) is 1. The van der Waals surface area contributed by atoms with Crippen LogP contribution in [0.4, 0.5) is 0 Å². The van der Waals surface area contributed by atoms with Crippen LogP contribution in [0.5, 0.6) is 5.75 Å². The number of benzene rings is 1. The van der Waals surface area contributed by atoms with Gasteiger partial charge in [-0.3, -0.25) is 0 Å². The van der Waals surface area contributed by atoms with Crippen LogP contribution in [0, 0.1) is 5.41 Å². The first-order valence-electron chi connectivity index (χ1n) is 6.72. The Kier molecular flexibility index (Phi) is 6.18. The molecule has 0 aliphatic rings. The predicted molar refractivity (Wildman–Crippen MR) is 85.9 cm³/mol. The van der Waals surface area contributed by atoms with Crippen LogP contribution in [-0.2, 0) is 10.0 Å². The summed E-state index contributed by atoms with van der Waals surface area (Å²) in [6.07, 6.45) is 6.32. The second-order valence-corrected chi connectivity index (χ2v) is 7.30. The molecule has 0 aromatic heterocycles. The third-order valence-electron chi connectivity index (χ3n) is 3.05. The molecule has 1 aromatic rings. The fourth-order valence-corrected chi connectivity index (χ4v) is 2.93. The third-order valence-corrected chi connectivity index (χ3v) is 4.47. The Morgan fingerprint density at radius 3 is 2.43 bits per heavy atom. The lowest BCUT2D eigenvalue weighted by Crippen LogP contribution is -2.33. The molecule has 0 aliphatic heterocycles. The minimum atomic E-state index is -3.50. The van der Waals surface area contributed by atoms with Crippen molar-refractivity contribution in [2.24, 2.45) is 5.41 Å². The first-order chi connectivity index (χ1) is 9.80. The van der Waals surface area contributed by atoms with Gasteiger partial charge in [0.1, 0.15) is 5.75 Å². The molecule has 0 aliphatic carbocycles. The summed E-state index contributed by atoms with van der Waals surface area (Å²) in [5.41, 5.74) is -0.168. The molecule has 5 heteroatoms. The molecule has 21 heavy (non-hydrogen) atoms. The fourth-order valence-electron chi connectivity index (χ4n) is 1.68. The Morgan fingerprint density at radius 1 is 1.29 bits per heavy atom. The van der Waals surface area contributed by atoms with E-state index in [2.05, 4.69) is 11.3 Å². The molecular weight excluding hydrogens is 286 g/mol. The number of allylic oxidation sites excluding steroid dienone is 3. The zero-order valence-corrected chi connectivity index (χ0v) is 13.6. The van der Waals surface area contributed by atoms with Crippen molar-refractivity contribution < 1.29 is 13.2 Å². The standard InChI is InChI=1S/C16H23NO3S/c1-5-6-7-12-16(2,3)13-17-21(18,19)15-10-8-14(20-4)9-11-15/h5-11,17H,1,12-13H2,2-4H3/b7-6+. The monoisotopic (exact) mass is 309 g/mol. The highest BCUT2D eigenvalue weighted by molar-refractivity contribution is 7.89. The van der Waals surface area contributed by atoms with Crippen molar-refractivity contribution in [3.05, 3.63) is 49.1 Å². The number of sulfonamides is 1. The number of rotatable bonds is 8. The van der Waals surface area contributed by atoms with Crippen molar-refractivity contribution in [1.29, 1.82) is 0 Å². The van der Waals surface area contributed by atoms with Gasteiger partial charge in [-0.15, -0.1) is 0 Å². The summed E-state index contributed by atoms with van der Waals surface area (Å²) in [6, 6.07) is 6.33. The number of methoxy groups -OCH3 is 1. The maximum absolute atomic E-state index is 12.2. The highest BCUT2D eigenvalue weighted by atomic mass is 32.2. The second-order valence-electron chi connectivity index (χ2n) is 5.53. The summed E-state index contributed by atoms with van der Waals surface area (Å²) in [5.74, 6) is 0.629. The van der Waals surface area contributed by atoms with Crippen LogP contribution in [0.3, 0.4) is 0 Å². The van der Waals surface area contributed by atoms with E-state index in [1.54, 1.807) is 25.3 Å². The van der Waals surface area contributed by atoms with Crippen LogP contribution in [0.2, 0.25) is 0 Å². The maximum atomic E-state index is 12.2. The summed E-state index contributed by atoms with van der Waals surface area (Å²) in [4.78, 5) is 0.237. The molecule has 0 unspecified atom stereocenters. The zero-order chi connectivity index (χ0) is 15.9. The van der Waals surface area contributed by atoms with Gasteiger partial charge >= 0.3 is 0 Å². The molecule has 1 rings (SSSR count). The van der Waals surface area contributed by atoms with Crippen molar-refractivity contribution in [1.82, 2.24) is 4.72 Å². The molecule has 0 spiro atoms. The van der Waals surface area contributed by atoms with Crippen LogP contribution in [0.15, 0.2) is 54.0 Å². The number of hydrogen-bond donors (Lipinski definition) is 1. The van der Waals surface area contributed by atoms with Crippen molar-refractivity contribution in [3.63, 3.8) is 0 Å². The van der Waals surface area contributed by atoms with Gasteiger partial charge in [-0.05, 0) is 36.1 Å². The predicted octanol–water partition coefficient (Wildman–Crippen LogP) is 3.13. The lowest BCUT2D eigenvalue weighted by Gasteiger charge is -2.23. The van der Waals surface area contributed by atoms with Gasteiger partial charge in [0, 0.05) is 6.54 Å². The highest BCUT2D eigenvalue weighted by Gasteiger charge is 2.21. The fraction of sp³-hybridized carbons (Fsp3) is 0.375. The summed E-state index contributed by atoms with van der Waals surface area (Å²) < 4.78 is 32.1. The molecule has 0 bridgehead atoms. The van der Waals surface area contributed by atoms with E-state index in [1.165, 1.54) is 12.1 Å². The average Bonchev–Trinajstić information content (AvgIpc) is 2.46. The van der Waals surface area contributed by atoms with E-state index in [1.807, 2.05) is 26.0 Å². The minimum Gasteiger partial charge on any atom is -0.497 e. The van der Waals surface area contributed by atoms with Gasteiger partial charge in [-0.1, -0.05) is 38.7 Å². The molecule has 0 amide bonds. The molecule has 0 saturated heterocycles. The lowest BCUT2D eigenvalue weighted by molar-refractivity contribution is 0.368. The zero-order valence-electron chi connectivity index (χ0n) is 12.8. The molecular formula is C16H23NO3S. The minimum absolute atomic E-state index is 0.168. The van der Waals surface area contributed by atoms with Gasteiger partial charge in [0.15, 0.2) is 0 Å². The van der Waals surface area contributed by atoms with Gasteiger partial charge in [-0.25, -0.2) is 13.1 Å². The first kappa shape index (κ1) is 17.5. The maximum Gasteiger partial charge on any atom is 0.240 e. The highest BCUT2D eigenvalue weighted by Crippen LogP contribution is 2.21.